The molecule has 1 fully saturated rings. The van der Waals surface area contributed by atoms with E-state index in [-0.39, 0.29) is 0 Å². The lowest BCUT2D eigenvalue weighted by Gasteiger charge is -2.38. The molecule has 0 bridgehead atoms. The molecule has 1 heterocycles. The predicted molar refractivity (Wildman–Crippen MR) is 55.5 cm³/mol. The van der Waals surface area contributed by atoms with E-state index in [9.17, 15) is 0 Å². The van der Waals surface area contributed by atoms with Crippen molar-refractivity contribution >= 4 is 17.3 Å². The van der Waals surface area contributed by atoms with Crippen molar-refractivity contribution in [3.05, 3.63) is 28.8 Å². The first-order valence-electron chi connectivity index (χ1n) is 4.84. The standard InChI is InChI=1S/C11H12ClN/c12-8-2-3-10-9(6-8)11(7-13-10)4-1-5-11/h2-3,6,13H,1,4-5,7H2. The highest BCUT2D eigenvalue weighted by molar-refractivity contribution is 6.30. The van der Waals surface area contributed by atoms with Gasteiger partial charge in [-0.1, -0.05) is 18.0 Å². The van der Waals surface area contributed by atoms with Gasteiger partial charge in [0.25, 0.3) is 0 Å². The smallest absolute Gasteiger partial charge is 0.0410 e. The third-order valence-corrected chi connectivity index (χ3v) is 3.72. The maximum atomic E-state index is 6.00. The normalized spacial score (nSPS) is 22.2. The monoisotopic (exact) mass is 193 g/mol. The zero-order chi connectivity index (χ0) is 8.89. The van der Waals surface area contributed by atoms with E-state index in [4.69, 9.17) is 11.6 Å². The molecule has 2 heteroatoms. The van der Waals surface area contributed by atoms with Crippen molar-refractivity contribution in [1.29, 1.82) is 0 Å². The van der Waals surface area contributed by atoms with Crippen LogP contribution >= 0.6 is 11.6 Å². The predicted octanol–water partition coefficient (Wildman–Crippen LogP) is 3.19. The van der Waals surface area contributed by atoms with Crippen LogP contribution in [0.1, 0.15) is 24.8 Å². The van der Waals surface area contributed by atoms with E-state index < -0.39 is 0 Å². The summed E-state index contributed by atoms with van der Waals surface area (Å²) in [5, 5.41) is 4.33. The van der Waals surface area contributed by atoms with Gasteiger partial charge in [0, 0.05) is 22.7 Å². The van der Waals surface area contributed by atoms with Gasteiger partial charge in [0.05, 0.1) is 0 Å². The third-order valence-electron chi connectivity index (χ3n) is 3.48. The van der Waals surface area contributed by atoms with Gasteiger partial charge in [-0.2, -0.15) is 0 Å². The number of hydrogen-bond donors (Lipinski definition) is 1. The van der Waals surface area contributed by atoms with Crippen LogP contribution in [0.25, 0.3) is 0 Å². The topological polar surface area (TPSA) is 12.0 Å². The van der Waals surface area contributed by atoms with E-state index >= 15 is 0 Å². The molecule has 3 rings (SSSR count). The van der Waals surface area contributed by atoms with Gasteiger partial charge in [0.2, 0.25) is 0 Å². The minimum atomic E-state index is 0.445. The molecule has 1 aromatic carbocycles. The van der Waals surface area contributed by atoms with Gasteiger partial charge in [-0.05, 0) is 36.6 Å². The molecule has 0 saturated heterocycles. The maximum Gasteiger partial charge on any atom is 0.0410 e. The Morgan fingerprint density at radius 2 is 2.15 bits per heavy atom. The van der Waals surface area contributed by atoms with E-state index in [1.54, 1.807) is 0 Å². The zero-order valence-corrected chi connectivity index (χ0v) is 8.19. The molecule has 1 N–H and O–H groups in total. The average molecular weight is 194 g/mol. The zero-order valence-electron chi connectivity index (χ0n) is 7.44. The summed E-state index contributed by atoms with van der Waals surface area (Å²) in [5.74, 6) is 0. The minimum absolute atomic E-state index is 0.445. The van der Waals surface area contributed by atoms with Crippen molar-refractivity contribution < 1.29 is 0 Å². The summed E-state index contributed by atoms with van der Waals surface area (Å²) < 4.78 is 0. The van der Waals surface area contributed by atoms with Crippen LogP contribution in [0.2, 0.25) is 5.02 Å². The summed E-state index contributed by atoms with van der Waals surface area (Å²) in [5.41, 5.74) is 3.19. The molecule has 2 aliphatic rings. The molecule has 0 aromatic heterocycles. The number of hydrogen-bond acceptors (Lipinski definition) is 1. The Hall–Kier alpha value is -0.690. The number of rotatable bonds is 0. The van der Waals surface area contributed by atoms with Crippen molar-refractivity contribution in [2.45, 2.75) is 24.7 Å². The van der Waals surface area contributed by atoms with Crippen molar-refractivity contribution in [3.63, 3.8) is 0 Å². The van der Waals surface area contributed by atoms with Gasteiger partial charge in [0.1, 0.15) is 0 Å². The first kappa shape index (κ1) is 7.69. The largest absolute Gasteiger partial charge is 0.384 e. The van der Waals surface area contributed by atoms with Gasteiger partial charge < -0.3 is 5.32 Å². The fourth-order valence-corrected chi connectivity index (χ4v) is 2.69. The van der Waals surface area contributed by atoms with Crippen molar-refractivity contribution in [3.8, 4) is 0 Å². The lowest BCUT2D eigenvalue weighted by Crippen LogP contribution is -2.35. The van der Waals surface area contributed by atoms with Crippen LogP contribution in [-0.2, 0) is 5.41 Å². The summed E-state index contributed by atoms with van der Waals surface area (Å²) >= 11 is 6.00. The van der Waals surface area contributed by atoms with Crippen LogP contribution in [-0.4, -0.2) is 6.54 Å². The van der Waals surface area contributed by atoms with E-state index in [0.717, 1.165) is 11.6 Å². The van der Waals surface area contributed by atoms with E-state index in [0.29, 0.717) is 5.41 Å². The summed E-state index contributed by atoms with van der Waals surface area (Å²) in [4.78, 5) is 0. The molecule has 0 atom stereocenters. The molecule has 1 aliphatic heterocycles. The lowest BCUT2D eigenvalue weighted by molar-refractivity contribution is 0.272. The van der Waals surface area contributed by atoms with Gasteiger partial charge in [-0.15, -0.1) is 0 Å². The average Bonchev–Trinajstić information content (AvgIpc) is 2.41. The molecule has 0 radical (unpaired) electrons. The number of halogens is 1. The second-order valence-corrected chi connectivity index (χ2v) is 4.61. The minimum Gasteiger partial charge on any atom is -0.384 e. The molecule has 1 saturated carbocycles. The first-order chi connectivity index (χ1) is 6.30. The molecule has 1 aromatic rings. The number of benzene rings is 1. The fourth-order valence-electron chi connectivity index (χ4n) is 2.52. The van der Waals surface area contributed by atoms with Crippen LogP contribution < -0.4 is 5.32 Å². The van der Waals surface area contributed by atoms with Crippen molar-refractivity contribution in [2.24, 2.45) is 0 Å². The van der Waals surface area contributed by atoms with Gasteiger partial charge >= 0.3 is 0 Å². The Bertz CT molecular complexity index is 355. The molecule has 1 spiro atoms. The number of nitrogens with one attached hydrogen (secondary N) is 1. The van der Waals surface area contributed by atoms with Crippen LogP contribution in [0.5, 0.6) is 0 Å². The summed E-state index contributed by atoms with van der Waals surface area (Å²) in [6, 6.07) is 6.20. The molecule has 0 amide bonds. The quantitative estimate of drug-likeness (QED) is 0.668. The summed E-state index contributed by atoms with van der Waals surface area (Å²) in [6.07, 6.45) is 4.02. The van der Waals surface area contributed by atoms with Crippen molar-refractivity contribution in [2.75, 3.05) is 11.9 Å². The second kappa shape index (κ2) is 2.42. The van der Waals surface area contributed by atoms with E-state index in [1.165, 1.54) is 30.5 Å². The summed E-state index contributed by atoms with van der Waals surface area (Å²) in [6.45, 7) is 1.11. The highest BCUT2D eigenvalue weighted by Crippen LogP contribution is 2.50. The number of anilines is 1. The Morgan fingerprint density at radius 1 is 1.31 bits per heavy atom. The van der Waals surface area contributed by atoms with E-state index in [1.807, 2.05) is 6.07 Å². The second-order valence-electron chi connectivity index (χ2n) is 4.18. The van der Waals surface area contributed by atoms with Crippen LogP contribution in [0.3, 0.4) is 0 Å². The molecular formula is C11H12ClN. The highest BCUT2D eigenvalue weighted by atomic mass is 35.5. The van der Waals surface area contributed by atoms with Crippen molar-refractivity contribution in [1.82, 2.24) is 0 Å². The Labute approximate surface area is 83.1 Å². The highest BCUT2D eigenvalue weighted by Gasteiger charge is 2.43. The fraction of sp³-hybridized carbons (Fsp3) is 0.455. The van der Waals surface area contributed by atoms with Crippen LogP contribution in [0, 0.1) is 0 Å². The maximum absolute atomic E-state index is 6.00. The first-order valence-corrected chi connectivity index (χ1v) is 5.22. The molecule has 0 unspecified atom stereocenters. The SMILES string of the molecule is Clc1ccc2c(c1)C1(CCC1)CN2. The Kier molecular flexibility index (Phi) is 1.43. The van der Waals surface area contributed by atoms with Gasteiger partial charge in [0.15, 0.2) is 0 Å². The molecule has 1 nitrogen and oxygen atoms in total. The van der Waals surface area contributed by atoms with Gasteiger partial charge in [-0.3, -0.25) is 0 Å². The van der Waals surface area contributed by atoms with Crippen LogP contribution in [0.4, 0.5) is 5.69 Å². The molecule has 13 heavy (non-hydrogen) atoms. The van der Waals surface area contributed by atoms with E-state index in [2.05, 4.69) is 17.4 Å². The molecule has 68 valence electrons. The Morgan fingerprint density at radius 3 is 2.85 bits per heavy atom. The number of fused-ring (bicyclic) bond motifs is 2. The summed E-state index contributed by atoms with van der Waals surface area (Å²) in [7, 11) is 0. The van der Waals surface area contributed by atoms with Gasteiger partial charge in [-0.25, -0.2) is 0 Å². The Balaban J connectivity index is 2.14. The molecule has 1 aliphatic carbocycles. The third kappa shape index (κ3) is 0.939. The molecular weight excluding hydrogens is 182 g/mol. The van der Waals surface area contributed by atoms with Crippen LogP contribution in [0.15, 0.2) is 18.2 Å². The lowest BCUT2D eigenvalue weighted by atomic mass is 9.66.